The summed E-state index contributed by atoms with van der Waals surface area (Å²) in [6, 6.07) is 9.26. The summed E-state index contributed by atoms with van der Waals surface area (Å²) in [5.74, 6) is -0.456. The van der Waals surface area contributed by atoms with E-state index in [0.717, 1.165) is 81.3 Å². The normalized spacial score (nSPS) is 24.4. The first-order chi connectivity index (χ1) is 18.0. The summed E-state index contributed by atoms with van der Waals surface area (Å²) in [5, 5.41) is 0. The average Bonchev–Trinajstić information content (AvgIpc) is 2.91. The van der Waals surface area contributed by atoms with E-state index in [-0.39, 0.29) is 30.4 Å². The summed E-state index contributed by atoms with van der Waals surface area (Å²) in [6.07, 6.45) is 14.3. The van der Waals surface area contributed by atoms with Gasteiger partial charge in [0.15, 0.2) is 11.6 Å². The molecule has 2 fully saturated rings. The van der Waals surface area contributed by atoms with Crippen molar-refractivity contribution in [2.24, 2.45) is 5.92 Å². The van der Waals surface area contributed by atoms with Gasteiger partial charge in [-0.05, 0) is 105 Å². The SMILES string of the molecule is CCCCCc1ccc(C2CCC(OCc3ccc(C4CCC(CCC)CC4)c(F)c3F)CC2)c(F)c1. The second-order valence-corrected chi connectivity index (χ2v) is 11.5. The van der Waals surface area contributed by atoms with Gasteiger partial charge in [0, 0.05) is 5.56 Å². The number of hydrogen-bond donors (Lipinski definition) is 0. The summed E-state index contributed by atoms with van der Waals surface area (Å²) in [7, 11) is 0. The lowest BCUT2D eigenvalue weighted by Gasteiger charge is -2.30. The van der Waals surface area contributed by atoms with Gasteiger partial charge in [0.25, 0.3) is 0 Å². The fraction of sp³-hybridized carbons (Fsp3) is 0.636. The number of benzene rings is 2. The molecule has 4 rings (SSSR count). The summed E-state index contributed by atoms with van der Waals surface area (Å²) in [4.78, 5) is 0. The van der Waals surface area contributed by atoms with Gasteiger partial charge in [0.2, 0.25) is 0 Å². The molecule has 2 aliphatic carbocycles. The van der Waals surface area contributed by atoms with Crippen molar-refractivity contribution < 1.29 is 17.9 Å². The van der Waals surface area contributed by atoms with Crippen molar-refractivity contribution >= 4 is 0 Å². The molecule has 2 aliphatic rings. The summed E-state index contributed by atoms with van der Waals surface area (Å²) in [6.45, 7) is 4.47. The second-order valence-electron chi connectivity index (χ2n) is 11.5. The molecular formula is C33H45F3O. The van der Waals surface area contributed by atoms with Crippen molar-refractivity contribution in [1.29, 1.82) is 0 Å². The highest BCUT2D eigenvalue weighted by molar-refractivity contribution is 5.30. The fourth-order valence-electron chi connectivity index (χ4n) is 6.59. The van der Waals surface area contributed by atoms with Crippen molar-refractivity contribution in [2.75, 3.05) is 0 Å². The molecule has 2 aromatic rings. The molecule has 0 spiro atoms. The van der Waals surface area contributed by atoms with E-state index in [9.17, 15) is 13.2 Å². The Morgan fingerprint density at radius 3 is 2.08 bits per heavy atom. The van der Waals surface area contributed by atoms with Crippen molar-refractivity contribution in [1.82, 2.24) is 0 Å². The molecule has 0 bridgehead atoms. The van der Waals surface area contributed by atoms with Crippen LogP contribution >= 0.6 is 0 Å². The predicted octanol–water partition coefficient (Wildman–Crippen LogP) is 10.2. The van der Waals surface area contributed by atoms with Crippen LogP contribution in [-0.2, 0) is 17.8 Å². The molecule has 0 saturated heterocycles. The molecule has 2 aromatic carbocycles. The van der Waals surface area contributed by atoms with Crippen LogP contribution in [0.3, 0.4) is 0 Å². The van der Waals surface area contributed by atoms with Gasteiger partial charge in [-0.15, -0.1) is 0 Å². The number of rotatable bonds is 11. The monoisotopic (exact) mass is 514 g/mol. The number of unbranched alkanes of at least 4 members (excludes halogenated alkanes) is 2. The molecule has 0 aliphatic heterocycles. The Labute approximate surface area is 222 Å². The zero-order valence-corrected chi connectivity index (χ0v) is 22.8. The van der Waals surface area contributed by atoms with E-state index in [4.69, 9.17) is 4.74 Å². The molecule has 204 valence electrons. The van der Waals surface area contributed by atoms with Gasteiger partial charge < -0.3 is 4.74 Å². The van der Waals surface area contributed by atoms with E-state index >= 15 is 0 Å². The van der Waals surface area contributed by atoms with Crippen LogP contribution < -0.4 is 0 Å². The third kappa shape index (κ3) is 7.40. The van der Waals surface area contributed by atoms with E-state index in [1.54, 1.807) is 18.2 Å². The van der Waals surface area contributed by atoms with E-state index in [0.29, 0.717) is 11.1 Å². The van der Waals surface area contributed by atoms with E-state index in [2.05, 4.69) is 19.9 Å². The molecule has 0 N–H and O–H groups in total. The fourth-order valence-corrected chi connectivity index (χ4v) is 6.59. The smallest absolute Gasteiger partial charge is 0.164 e. The lowest BCUT2D eigenvalue weighted by Crippen LogP contribution is -2.21. The van der Waals surface area contributed by atoms with Gasteiger partial charge in [-0.25, -0.2) is 13.2 Å². The van der Waals surface area contributed by atoms with Crippen LogP contribution in [0.15, 0.2) is 30.3 Å². The topological polar surface area (TPSA) is 9.23 Å². The largest absolute Gasteiger partial charge is 0.373 e. The maximum atomic E-state index is 15.0. The molecule has 0 unspecified atom stereocenters. The third-order valence-corrected chi connectivity index (χ3v) is 8.90. The maximum absolute atomic E-state index is 15.0. The highest BCUT2D eigenvalue weighted by atomic mass is 19.2. The van der Waals surface area contributed by atoms with E-state index < -0.39 is 11.6 Å². The summed E-state index contributed by atoms with van der Waals surface area (Å²) in [5.41, 5.74) is 2.73. The molecule has 37 heavy (non-hydrogen) atoms. The first-order valence-corrected chi connectivity index (χ1v) is 14.9. The predicted molar refractivity (Wildman–Crippen MR) is 145 cm³/mol. The lowest BCUT2D eigenvalue weighted by atomic mass is 9.77. The Morgan fingerprint density at radius 1 is 0.730 bits per heavy atom. The van der Waals surface area contributed by atoms with Crippen molar-refractivity contribution in [2.45, 2.75) is 128 Å². The number of ether oxygens (including phenoxy) is 1. The average molecular weight is 515 g/mol. The van der Waals surface area contributed by atoms with Crippen LogP contribution in [0.25, 0.3) is 0 Å². The number of aryl methyl sites for hydroxylation is 1. The quantitative estimate of drug-likeness (QED) is 0.271. The molecule has 4 heteroatoms. The Balaban J connectivity index is 1.26. The van der Waals surface area contributed by atoms with Crippen LogP contribution in [0.5, 0.6) is 0 Å². The van der Waals surface area contributed by atoms with Gasteiger partial charge in [0.1, 0.15) is 5.82 Å². The van der Waals surface area contributed by atoms with E-state index in [1.807, 2.05) is 6.07 Å². The Morgan fingerprint density at radius 2 is 1.41 bits per heavy atom. The number of hydrogen-bond acceptors (Lipinski definition) is 1. The van der Waals surface area contributed by atoms with Crippen LogP contribution in [0, 0.1) is 23.4 Å². The minimum Gasteiger partial charge on any atom is -0.373 e. The van der Waals surface area contributed by atoms with Gasteiger partial charge in [-0.1, -0.05) is 63.8 Å². The minimum atomic E-state index is -0.747. The highest BCUT2D eigenvalue weighted by Crippen LogP contribution is 2.40. The van der Waals surface area contributed by atoms with Crippen LogP contribution in [0.2, 0.25) is 0 Å². The molecule has 0 aromatic heterocycles. The molecule has 0 atom stereocenters. The molecule has 0 heterocycles. The van der Waals surface area contributed by atoms with Gasteiger partial charge in [0.05, 0.1) is 12.7 Å². The Kier molecular flexibility index (Phi) is 10.5. The standard InChI is InChI=1S/C33H45F3O/c1-3-5-6-8-24-11-19-29(31(34)21-24)25-14-17-28(18-15-25)37-22-27-16-20-30(33(36)32(27)35)26-12-9-23(7-4-2)10-13-26/h11,16,19-21,23,25-26,28H,3-10,12-15,17-18,22H2,1-2H3. The molecule has 2 saturated carbocycles. The van der Waals surface area contributed by atoms with Gasteiger partial charge in [-0.3, -0.25) is 0 Å². The molecule has 0 radical (unpaired) electrons. The number of halogens is 3. The zero-order chi connectivity index (χ0) is 26.2. The lowest BCUT2D eigenvalue weighted by molar-refractivity contribution is 0.0116. The summed E-state index contributed by atoms with van der Waals surface area (Å²) < 4.78 is 50.7. The zero-order valence-electron chi connectivity index (χ0n) is 22.8. The summed E-state index contributed by atoms with van der Waals surface area (Å²) >= 11 is 0. The van der Waals surface area contributed by atoms with Crippen LogP contribution in [-0.4, -0.2) is 6.10 Å². The third-order valence-electron chi connectivity index (χ3n) is 8.90. The molecule has 0 amide bonds. The van der Waals surface area contributed by atoms with Crippen molar-refractivity contribution in [3.63, 3.8) is 0 Å². The van der Waals surface area contributed by atoms with Crippen LogP contribution in [0.1, 0.15) is 131 Å². The van der Waals surface area contributed by atoms with E-state index in [1.165, 1.54) is 25.7 Å². The molecule has 1 nitrogen and oxygen atoms in total. The maximum Gasteiger partial charge on any atom is 0.164 e. The first-order valence-electron chi connectivity index (χ1n) is 14.9. The van der Waals surface area contributed by atoms with Crippen molar-refractivity contribution in [3.05, 3.63) is 70.0 Å². The second kappa shape index (κ2) is 13.8. The van der Waals surface area contributed by atoms with Gasteiger partial charge in [-0.2, -0.15) is 0 Å². The first kappa shape index (κ1) is 28.2. The Bertz CT molecular complexity index is 987. The van der Waals surface area contributed by atoms with Crippen LogP contribution in [0.4, 0.5) is 13.2 Å². The highest BCUT2D eigenvalue weighted by Gasteiger charge is 2.28. The van der Waals surface area contributed by atoms with Gasteiger partial charge >= 0.3 is 0 Å². The minimum absolute atomic E-state index is 0.00334. The Hall–Kier alpha value is -1.81. The molecular weight excluding hydrogens is 469 g/mol. The van der Waals surface area contributed by atoms with Crippen molar-refractivity contribution in [3.8, 4) is 0 Å².